The first kappa shape index (κ1) is 20.8. The standard InChI is InChI=1S/C24H31BrN2O2/c1-28-22-20(25)16-19(17-27-22)8-2-4-10-23(21-9-3-7-14-26-21)13-15-29-24(18-23)11-5-6-12-24/h3,7,9,14,16-17H,2,4-6,8,10-13,15,18H2,1H3/t23-/m1/s1. The number of pyridine rings is 2. The maximum Gasteiger partial charge on any atom is 0.227 e. The summed E-state index contributed by atoms with van der Waals surface area (Å²) in [6.07, 6.45) is 15.7. The van der Waals surface area contributed by atoms with Crippen LogP contribution in [0.25, 0.3) is 0 Å². The van der Waals surface area contributed by atoms with Crippen LogP contribution >= 0.6 is 15.9 Å². The van der Waals surface area contributed by atoms with Gasteiger partial charge in [-0.1, -0.05) is 25.3 Å². The molecule has 156 valence electrons. The second-order valence-corrected chi connectivity index (χ2v) is 9.56. The van der Waals surface area contributed by atoms with Crippen molar-refractivity contribution in [2.24, 2.45) is 0 Å². The van der Waals surface area contributed by atoms with E-state index in [9.17, 15) is 0 Å². The molecule has 29 heavy (non-hydrogen) atoms. The SMILES string of the molecule is COc1ncc(CCCC[C@@]2(c3ccccn3)CCOC3(CCCC3)C2)cc1Br. The number of rotatable bonds is 7. The largest absolute Gasteiger partial charge is 0.480 e. The second-order valence-electron chi connectivity index (χ2n) is 8.70. The summed E-state index contributed by atoms with van der Waals surface area (Å²) < 4.78 is 12.5. The van der Waals surface area contributed by atoms with Crippen molar-refractivity contribution >= 4 is 15.9 Å². The van der Waals surface area contributed by atoms with Crippen molar-refractivity contribution in [1.82, 2.24) is 9.97 Å². The highest BCUT2D eigenvalue weighted by Crippen LogP contribution is 2.50. The van der Waals surface area contributed by atoms with Crippen molar-refractivity contribution in [3.63, 3.8) is 0 Å². The van der Waals surface area contributed by atoms with E-state index < -0.39 is 0 Å². The Kier molecular flexibility index (Phi) is 6.55. The Morgan fingerprint density at radius 2 is 2.00 bits per heavy atom. The predicted molar refractivity (Wildman–Crippen MR) is 118 cm³/mol. The zero-order valence-corrected chi connectivity index (χ0v) is 18.9. The molecular weight excluding hydrogens is 428 g/mol. The molecule has 5 heteroatoms. The van der Waals surface area contributed by atoms with E-state index in [4.69, 9.17) is 14.5 Å². The van der Waals surface area contributed by atoms with Gasteiger partial charge in [-0.25, -0.2) is 4.98 Å². The molecule has 1 spiro atoms. The average Bonchev–Trinajstić information content (AvgIpc) is 3.19. The molecule has 1 aliphatic carbocycles. The molecule has 1 saturated heterocycles. The van der Waals surface area contributed by atoms with E-state index in [0.717, 1.165) is 36.8 Å². The molecule has 2 fully saturated rings. The molecule has 1 saturated carbocycles. The highest BCUT2D eigenvalue weighted by atomic mass is 79.9. The van der Waals surface area contributed by atoms with E-state index in [1.165, 1.54) is 49.8 Å². The van der Waals surface area contributed by atoms with Gasteiger partial charge in [0.05, 0.1) is 17.2 Å². The van der Waals surface area contributed by atoms with Crippen LogP contribution in [0.2, 0.25) is 0 Å². The van der Waals surface area contributed by atoms with Crippen LogP contribution in [0.4, 0.5) is 0 Å². The maximum atomic E-state index is 6.36. The Bertz CT molecular complexity index is 808. The van der Waals surface area contributed by atoms with Gasteiger partial charge in [0.1, 0.15) is 0 Å². The number of aromatic nitrogens is 2. The number of ether oxygens (including phenoxy) is 2. The molecule has 0 aromatic carbocycles. The smallest absolute Gasteiger partial charge is 0.227 e. The molecule has 4 rings (SSSR count). The van der Waals surface area contributed by atoms with Gasteiger partial charge in [-0.15, -0.1) is 0 Å². The van der Waals surface area contributed by atoms with Crippen molar-refractivity contribution in [2.75, 3.05) is 13.7 Å². The van der Waals surface area contributed by atoms with Crippen LogP contribution in [0.1, 0.15) is 69.0 Å². The number of halogens is 1. The van der Waals surface area contributed by atoms with Gasteiger partial charge < -0.3 is 9.47 Å². The van der Waals surface area contributed by atoms with Gasteiger partial charge in [-0.05, 0) is 84.6 Å². The predicted octanol–water partition coefficient (Wildman–Crippen LogP) is 6.02. The molecule has 0 amide bonds. The fourth-order valence-corrected chi connectivity index (χ4v) is 5.90. The van der Waals surface area contributed by atoms with E-state index in [-0.39, 0.29) is 11.0 Å². The maximum absolute atomic E-state index is 6.36. The van der Waals surface area contributed by atoms with Crippen molar-refractivity contribution in [3.05, 3.63) is 52.4 Å². The molecule has 4 nitrogen and oxygen atoms in total. The van der Waals surface area contributed by atoms with Crippen LogP contribution in [-0.4, -0.2) is 29.3 Å². The van der Waals surface area contributed by atoms with Gasteiger partial charge in [0.25, 0.3) is 0 Å². The lowest BCUT2D eigenvalue weighted by Crippen LogP contribution is -2.46. The minimum Gasteiger partial charge on any atom is -0.480 e. The molecule has 2 aromatic heterocycles. The van der Waals surface area contributed by atoms with Gasteiger partial charge in [-0.2, -0.15) is 0 Å². The Morgan fingerprint density at radius 1 is 1.14 bits per heavy atom. The summed E-state index contributed by atoms with van der Waals surface area (Å²) >= 11 is 3.54. The number of unbranched alkanes of at least 4 members (excludes halogenated alkanes) is 1. The zero-order chi connectivity index (χ0) is 20.2. The van der Waals surface area contributed by atoms with E-state index in [2.05, 4.69) is 39.1 Å². The Hall–Kier alpha value is -1.46. The van der Waals surface area contributed by atoms with Gasteiger partial charge >= 0.3 is 0 Å². The fraction of sp³-hybridized carbons (Fsp3) is 0.583. The number of hydrogen-bond donors (Lipinski definition) is 0. The minimum absolute atomic E-state index is 0.0978. The third-order valence-corrected chi connectivity index (χ3v) is 7.37. The average molecular weight is 459 g/mol. The third kappa shape index (κ3) is 4.66. The Labute approximate surface area is 182 Å². The molecule has 0 bridgehead atoms. The first-order valence-corrected chi connectivity index (χ1v) is 11.7. The summed E-state index contributed by atoms with van der Waals surface area (Å²) in [4.78, 5) is 9.19. The molecule has 1 aliphatic heterocycles. The molecule has 0 radical (unpaired) electrons. The summed E-state index contributed by atoms with van der Waals surface area (Å²) in [5.74, 6) is 0.645. The number of methoxy groups -OCH3 is 1. The fourth-order valence-electron chi connectivity index (χ4n) is 5.34. The molecule has 0 unspecified atom stereocenters. The monoisotopic (exact) mass is 458 g/mol. The van der Waals surface area contributed by atoms with E-state index in [1.54, 1.807) is 7.11 Å². The van der Waals surface area contributed by atoms with Crippen molar-refractivity contribution < 1.29 is 9.47 Å². The Morgan fingerprint density at radius 3 is 2.72 bits per heavy atom. The zero-order valence-electron chi connectivity index (χ0n) is 17.3. The van der Waals surface area contributed by atoms with Crippen LogP contribution in [0, 0.1) is 0 Å². The number of aryl methyl sites for hydroxylation is 1. The lowest BCUT2D eigenvalue weighted by atomic mass is 9.67. The minimum atomic E-state index is 0.0978. The summed E-state index contributed by atoms with van der Waals surface area (Å²) in [6, 6.07) is 8.53. The topological polar surface area (TPSA) is 44.2 Å². The lowest BCUT2D eigenvalue weighted by Gasteiger charge is -2.46. The molecule has 1 atom stereocenters. The molecular formula is C24H31BrN2O2. The quantitative estimate of drug-likeness (QED) is 0.475. The second kappa shape index (κ2) is 9.13. The number of nitrogens with zero attached hydrogens (tertiary/aromatic N) is 2. The highest BCUT2D eigenvalue weighted by molar-refractivity contribution is 9.10. The van der Waals surface area contributed by atoms with Crippen LogP contribution in [0.15, 0.2) is 41.1 Å². The first-order chi connectivity index (χ1) is 14.1. The van der Waals surface area contributed by atoms with E-state index in [1.807, 2.05) is 18.5 Å². The normalized spacial score (nSPS) is 23.4. The summed E-state index contributed by atoms with van der Waals surface area (Å²) in [5, 5.41) is 0. The van der Waals surface area contributed by atoms with Crippen LogP contribution in [0.5, 0.6) is 5.88 Å². The first-order valence-electron chi connectivity index (χ1n) is 10.9. The third-order valence-electron chi connectivity index (χ3n) is 6.80. The molecule has 0 N–H and O–H groups in total. The van der Waals surface area contributed by atoms with Gasteiger partial charge in [0.15, 0.2) is 0 Å². The lowest BCUT2D eigenvalue weighted by molar-refractivity contribution is -0.104. The molecule has 2 aliphatic rings. The van der Waals surface area contributed by atoms with Crippen LogP contribution in [0.3, 0.4) is 0 Å². The van der Waals surface area contributed by atoms with Crippen molar-refractivity contribution in [1.29, 1.82) is 0 Å². The van der Waals surface area contributed by atoms with Crippen LogP contribution in [-0.2, 0) is 16.6 Å². The highest BCUT2D eigenvalue weighted by Gasteiger charge is 2.48. The van der Waals surface area contributed by atoms with Crippen molar-refractivity contribution in [3.8, 4) is 5.88 Å². The molecule has 2 aromatic rings. The Balaban J connectivity index is 1.43. The van der Waals surface area contributed by atoms with E-state index in [0.29, 0.717) is 5.88 Å². The van der Waals surface area contributed by atoms with Gasteiger partial charge in [-0.3, -0.25) is 4.98 Å². The van der Waals surface area contributed by atoms with Gasteiger partial charge in [0.2, 0.25) is 5.88 Å². The van der Waals surface area contributed by atoms with Crippen molar-refractivity contribution in [2.45, 2.75) is 75.2 Å². The summed E-state index contributed by atoms with van der Waals surface area (Å²) in [7, 11) is 1.65. The summed E-state index contributed by atoms with van der Waals surface area (Å²) in [6.45, 7) is 0.867. The van der Waals surface area contributed by atoms with E-state index >= 15 is 0 Å². The number of hydrogen-bond acceptors (Lipinski definition) is 4. The summed E-state index contributed by atoms with van der Waals surface area (Å²) in [5.41, 5.74) is 2.77. The molecule has 3 heterocycles. The van der Waals surface area contributed by atoms with Gasteiger partial charge in [0, 0.05) is 30.1 Å². The van der Waals surface area contributed by atoms with Crippen LogP contribution < -0.4 is 4.74 Å².